The number of nitrogens with one attached hydrogen (secondary N) is 1. The van der Waals surface area contributed by atoms with Crippen molar-refractivity contribution in [1.29, 1.82) is 0 Å². The Bertz CT molecular complexity index is 1990. The summed E-state index contributed by atoms with van der Waals surface area (Å²) in [4.78, 5) is 46.8. The van der Waals surface area contributed by atoms with Crippen LogP contribution >= 0.6 is 23.4 Å². The molecule has 0 bridgehead atoms. The minimum Gasteiger partial charge on any atom is -0.490 e. The van der Waals surface area contributed by atoms with Gasteiger partial charge in [-0.25, -0.2) is 0 Å². The van der Waals surface area contributed by atoms with Gasteiger partial charge in [0.15, 0.2) is 16.7 Å². The number of ether oxygens (including phenoxy) is 2. The first-order valence-corrected chi connectivity index (χ1v) is 18.0. The summed E-state index contributed by atoms with van der Waals surface area (Å²) in [6, 6.07) is 31.8. The van der Waals surface area contributed by atoms with E-state index in [1.54, 1.807) is 43.4 Å². The lowest BCUT2D eigenvalue weighted by atomic mass is 9.99. The van der Waals surface area contributed by atoms with Crippen molar-refractivity contribution in [2.45, 2.75) is 26.5 Å². The number of allylic oxidation sites excluding steroid dienone is 4. The Labute approximate surface area is 313 Å². The number of amides is 3. The zero-order valence-corrected chi connectivity index (χ0v) is 30.4. The lowest BCUT2D eigenvalue weighted by molar-refractivity contribution is -0.126. The fraction of sp³-hybridized carbons (Fsp3) is 0.143. The van der Waals surface area contributed by atoms with E-state index in [-0.39, 0.29) is 34.0 Å². The van der Waals surface area contributed by atoms with Gasteiger partial charge in [0.25, 0.3) is 11.8 Å². The van der Waals surface area contributed by atoms with E-state index in [0.717, 1.165) is 28.5 Å². The van der Waals surface area contributed by atoms with Crippen molar-refractivity contribution >= 4 is 52.3 Å². The van der Waals surface area contributed by atoms with Crippen LogP contribution in [0.4, 0.5) is 0 Å². The fourth-order valence-corrected chi connectivity index (χ4v) is 6.45. The topological polar surface area (TPSA) is 97.3 Å². The van der Waals surface area contributed by atoms with Gasteiger partial charge in [0, 0.05) is 5.70 Å². The van der Waals surface area contributed by atoms with Crippen LogP contribution in [0.25, 0.3) is 6.08 Å². The molecular weight excluding hydrogens is 694 g/mol. The second-order valence-electron chi connectivity index (χ2n) is 11.4. The van der Waals surface area contributed by atoms with Crippen molar-refractivity contribution in [3.05, 3.63) is 173 Å². The molecule has 0 atom stereocenters. The molecule has 4 aromatic rings. The molecule has 4 aromatic carbocycles. The molecule has 1 N–H and O–H groups in total. The summed E-state index contributed by atoms with van der Waals surface area (Å²) < 4.78 is 11.9. The van der Waals surface area contributed by atoms with Gasteiger partial charge in [0.2, 0.25) is 5.91 Å². The van der Waals surface area contributed by atoms with Crippen molar-refractivity contribution in [2.24, 2.45) is 4.99 Å². The summed E-state index contributed by atoms with van der Waals surface area (Å²) in [7, 11) is 0. The zero-order chi connectivity index (χ0) is 36.9. The Hall–Kier alpha value is -5.64. The van der Waals surface area contributed by atoms with E-state index in [2.05, 4.69) is 16.9 Å². The van der Waals surface area contributed by atoms with Crippen LogP contribution in [0, 0.1) is 0 Å². The van der Waals surface area contributed by atoms with Gasteiger partial charge in [-0.1, -0.05) is 139 Å². The molecule has 1 heterocycles. The standard InChI is InChI=1S/C42H38ClN3O5S/c1-4-7-23-33(5-2)46-41(49)34(24-30-25-35(43)39(36(26-30)50-6-3)51-27-29-17-11-8-12-18-29)40(48)45-42(46)52-28-37(47)44-38(31-19-13-9-14-20-31)32-21-15-10-16-22-32/h4-5,7-26,38H,1,6,27-28H2,2-3H3,(H,44,47)/b23-7-,33-5+,34-24+. The number of carbonyl (C=O) groups is 3. The lowest BCUT2D eigenvalue weighted by Crippen LogP contribution is -2.42. The van der Waals surface area contributed by atoms with E-state index in [4.69, 9.17) is 21.1 Å². The molecule has 0 fully saturated rings. The zero-order valence-electron chi connectivity index (χ0n) is 28.8. The van der Waals surface area contributed by atoms with Gasteiger partial charge in [-0.3, -0.25) is 19.3 Å². The Morgan fingerprint density at radius 1 is 0.962 bits per heavy atom. The Balaban J connectivity index is 1.42. The maximum Gasteiger partial charge on any atom is 0.285 e. The SMILES string of the molecule is C=C/C=C\C(=C/C)N1C(=O)/C(=C/c2cc(Cl)c(OCc3ccccc3)c(OCC)c2)C(=O)N=C1SCC(=O)NC(c1ccccc1)c1ccccc1. The average molecular weight is 732 g/mol. The molecule has 5 rings (SSSR count). The van der Waals surface area contributed by atoms with Crippen molar-refractivity contribution in [1.82, 2.24) is 10.2 Å². The van der Waals surface area contributed by atoms with E-state index in [9.17, 15) is 14.4 Å². The summed E-state index contributed by atoms with van der Waals surface area (Å²) in [5, 5.41) is 3.41. The van der Waals surface area contributed by atoms with E-state index in [0.29, 0.717) is 29.4 Å². The number of aliphatic imine (C=N–C) groups is 1. The van der Waals surface area contributed by atoms with Gasteiger partial charge in [-0.05, 0) is 60.4 Å². The van der Waals surface area contributed by atoms with Gasteiger partial charge < -0.3 is 14.8 Å². The first-order chi connectivity index (χ1) is 25.3. The Morgan fingerprint density at radius 3 is 2.19 bits per heavy atom. The average Bonchev–Trinajstić information content (AvgIpc) is 3.16. The Kier molecular flexibility index (Phi) is 13.4. The number of carbonyl (C=O) groups excluding carboxylic acids is 3. The normalized spacial score (nSPS) is 14.2. The number of hydrogen-bond acceptors (Lipinski definition) is 6. The van der Waals surface area contributed by atoms with Crippen LogP contribution in [-0.2, 0) is 21.0 Å². The maximum atomic E-state index is 14.2. The minimum atomic E-state index is -0.753. The maximum absolute atomic E-state index is 14.2. The number of hydrogen-bond donors (Lipinski definition) is 1. The highest BCUT2D eigenvalue weighted by molar-refractivity contribution is 8.14. The number of thioether (sulfide) groups is 1. The molecule has 0 unspecified atom stereocenters. The number of halogens is 1. The number of rotatable bonds is 14. The third kappa shape index (κ3) is 9.57. The van der Waals surface area contributed by atoms with Crippen molar-refractivity contribution < 1.29 is 23.9 Å². The van der Waals surface area contributed by atoms with Gasteiger partial charge in [-0.2, -0.15) is 4.99 Å². The van der Waals surface area contributed by atoms with Gasteiger partial charge in [0.05, 0.1) is 23.4 Å². The summed E-state index contributed by atoms with van der Waals surface area (Å²) in [5.74, 6) is -1.07. The second-order valence-corrected chi connectivity index (χ2v) is 12.7. The molecule has 0 aromatic heterocycles. The molecule has 3 amide bonds. The van der Waals surface area contributed by atoms with Crippen LogP contribution in [0.1, 0.15) is 42.1 Å². The molecule has 0 spiro atoms. The highest BCUT2D eigenvalue weighted by Gasteiger charge is 2.35. The van der Waals surface area contributed by atoms with Crippen molar-refractivity contribution in [2.75, 3.05) is 12.4 Å². The van der Waals surface area contributed by atoms with Crippen molar-refractivity contribution in [3.63, 3.8) is 0 Å². The molecule has 0 aliphatic carbocycles. The Morgan fingerprint density at radius 2 is 1.60 bits per heavy atom. The van der Waals surface area contributed by atoms with Crippen LogP contribution in [0.3, 0.4) is 0 Å². The molecule has 8 nitrogen and oxygen atoms in total. The van der Waals surface area contributed by atoms with Gasteiger partial charge in [-0.15, -0.1) is 0 Å². The molecule has 0 saturated heterocycles. The summed E-state index contributed by atoms with van der Waals surface area (Å²) in [6.07, 6.45) is 8.07. The second kappa shape index (κ2) is 18.6. The molecule has 0 radical (unpaired) electrons. The van der Waals surface area contributed by atoms with E-state index >= 15 is 0 Å². The first kappa shape index (κ1) is 37.6. The summed E-state index contributed by atoms with van der Waals surface area (Å²) in [6.45, 7) is 7.93. The minimum absolute atomic E-state index is 0.0674. The predicted molar refractivity (Wildman–Crippen MR) is 209 cm³/mol. The number of amidine groups is 1. The quantitative estimate of drug-likeness (QED) is 0.0792. The van der Waals surface area contributed by atoms with Crippen LogP contribution in [0.15, 0.2) is 150 Å². The van der Waals surface area contributed by atoms with Crippen LogP contribution < -0.4 is 14.8 Å². The third-order valence-electron chi connectivity index (χ3n) is 7.78. The van der Waals surface area contributed by atoms with Crippen LogP contribution in [0.2, 0.25) is 5.02 Å². The number of nitrogens with zero attached hydrogens (tertiary/aromatic N) is 2. The smallest absolute Gasteiger partial charge is 0.285 e. The highest BCUT2D eigenvalue weighted by atomic mass is 35.5. The van der Waals surface area contributed by atoms with Crippen molar-refractivity contribution in [3.8, 4) is 11.5 Å². The fourth-order valence-electron chi connectivity index (χ4n) is 5.36. The predicted octanol–water partition coefficient (Wildman–Crippen LogP) is 8.71. The lowest BCUT2D eigenvalue weighted by Gasteiger charge is -2.28. The van der Waals surface area contributed by atoms with Gasteiger partial charge in [0.1, 0.15) is 12.2 Å². The largest absolute Gasteiger partial charge is 0.490 e. The molecule has 0 saturated carbocycles. The monoisotopic (exact) mass is 731 g/mol. The van der Waals surface area contributed by atoms with E-state index in [1.165, 1.54) is 11.0 Å². The molecule has 1 aliphatic heterocycles. The number of benzene rings is 4. The van der Waals surface area contributed by atoms with Gasteiger partial charge >= 0.3 is 0 Å². The first-order valence-electron chi connectivity index (χ1n) is 16.6. The molecule has 10 heteroatoms. The van der Waals surface area contributed by atoms with Crippen LogP contribution in [-0.4, -0.2) is 40.1 Å². The third-order valence-corrected chi connectivity index (χ3v) is 9.00. The molecule has 264 valence electrons. The van der Waals surface area contributed by atoms with Crippen LogP contribution in [0.5, 0.6) is 11.5 Å². The molecule has 1 aliphatic rings. The molecule has 52 heavy (non-hydrogen) atoms. The highest BCUT2D eigenvalue weighted by Crippen LogP contribution is 2.38. The van der Waals surface area contributed by atoms with E-state index < -0.39 is 17.9 Å². The molecular formula is C42H38ClN3O5S. The summed E-state index contributed by atoms with van der Waals surface area (Å²) in [5.41, 5.74) is 3.48. The summed E-state index contributed by atoms with van der Waals surface area (Å²) >= 11 is 7.68. The van der Waals surface area contributed by atoms with E-state index in [1.807, 2.05) is 97.9 Å².